The van der Waals surface area contributed by atoms with Crippen LogP contribution in [0.25, 0.3) is 6.08 Å². The monoisotopic (exact) mass is 346 g/mol. The highest BCUT2D eigenvalue weighted by molar-refractivity contribution is 9.11. The third-order valence-corrected chi connectivity index (χ3v) is 3.60. The van der Waals surface area contributed by atoms with E-state index in [1.54, 1.807) is 12.1 Å². The van der Waals surface area contributed by atoms with Gasteiger partial charge in [0, 0.05) is 11.0 Å². The van der Waals surface area contributed by atoms with Gasteiger partial charge in [-0.15, -0.1) is 11.3 Å². The quantitative estimate of drug-likeness (QED) is 0.666. The number of carboxylic acids is 1. The van der Waals surface area contributed by atoms with Gasteiger partial charge in [-0.1, -0.05) is 0 Å². The molecule has 0 aliphatic carbocycles. The summed E-state index contributed by atoms with van der Waals surface area (Å²) < 4.78 is 0.921. The summed E-state index contributed by atoms with van der Waals surface area (Å²) in [6.07, 6.45) is 2.31. The van der Waals surface area contributed by atoms with E-state index in [-0.39, 0.29) is 0 Å². The van der Waals surface area contributed by atoms with Crippen molar-refractivity contribution in [2.45, 2.75) is 12.5 Å². The van der Waals surface area contributed by atoms with Gasteiger partial charge in [-0.2, -0.15) is 0 Å². The molecule has 0 fully saturated rings. The van der Waals surface area contributed by atoms with E-state index in [1.165, 1.54) is 17.4 Å². The lowest BCUT2D eigenvalue weighted by Crippen LogP contribution is -2.42. The number of aliphatic carboxylic acids is 1. The third kappa shape index (κ3) is 5.66. The van der Waals surface area contributed by atoms with E-state index < -0.39 is 30.2 Å². The molecule has 1 aromatic heterocycles. The van der Waals surface area contributed by atoms with Gasteiger partial charge >= 0.3 is 5.97 Å². The Balaban J connectivity index is 2.60. The van der Waals surface area contributed by atoms with E-state index in [0.717, 1.165) is 8.66 Å². The maximum Gasteiger partial charge on any atom is 0.326 e. The van der Waals surface area contributed by atoms with Gasteiger partial charge < -0.3 is 16.2 Å². The predicted octanol–water partition coefficient (Wildman–Crippen LogP) is 0.969. The normalized spacial score (nSPS) is 12.3. The first kappa shape index (κ1) is 15.4. The predicted molar refractivity (Wildman–Crippen MR) is 74.4 cm³/mol. The fourth-order valence-electron chi connectivity index (χ4n) is 1.20. The van der Waals surface area contributed by atoms with E-state index in [4.69, 9.17) is 10.8 Å². The number of amides is 2. The second-order valence-corrected chi connectivity index (χ2v) is 6.04. The first-order chi connectivity index (χ1) is 8.88. The van der Waals surface area contributed by atoms with Crippen LogP contribution in [0, 0.1) is 0 Å². The number of nitrogens with one attached hydrogen (secondary N) is 1. The number of rotatable bonds is 6. The molecule has 2 amide bonds. The van der Waals surface area contributed by atoms with Crippen molar-refractivity contribution in [1.82, 2.24) is 5.32 Å². The minimum atomic E-state index is -1.32. The summed E-state index contributed by atoms with van der Waals surface area (Å²) in [4.78, 5) is 33.8. The van der Waals surface area contributed by atoms with Gasteiger partial charge in [0.15, 0.2) is 0 Å². The minimum absolute atomic E-state index is 0.445. The topological polar surface area (TPSA) is 109 Å². The summed E-state index contributed by atoms with van der Waals surface area (Å²) in [6, 6.07) is 2.32. The molecule has 4 N–H and O–H groups in total. The van der Waals surface area contributed by atoms with Gasteiger partial charge in [0.05, 0.1) is 10.2 Å². The minimum Gasteiger partial charge on any atom is -0.480 e. The van der Waals surface area contributed by atoms with Crippen molar-refractivity contribution in [2.24, 2.45) is 5.73 Å². The van der Waals surface area contributed by atoms with Crippen molar-refractivity contribution in [3.05, 3.63) is 26.9 Å². The highest BCUT2D eigenvalue weighted by atomic mass is 79.9. The fourth-order valence-corrected chi connectivity index (χ4v) is 2.52. The number of thiophene rings is 1. The molecule has 0 radical (unpaired) electrons. The number of hydrogen-bond acceptors (Lipinski definition) is 4. The molecule has 8 heteroatoms. The number of carbonyl (C=O) groups is 3. The summed E-state index contributed by atoms with van der Waals surface area (Å²) in [5, 5.41) is 11.0. The molecule has 1 atom stereocenters. The van der Waals surface area contributed by atoms with Crippen LogP contribution >= 0.6 is 27.3 Å². The van der Waals surface area contributed by atoms with Crippen molar-refractivity contribution in [2.75, 3.05) is 0 Å². The van der Waals surface area contributed by atoms with Crippen molar-refractivity contribution in [3.8, 4) is 0 Å². The van der Waals surface area contributed by atoms with Gasteiger partial charge in [0.2, 0.25) is 11.8 Å². The summed E-state index contributed by atoms with van der Waals surface area (Å²) >= 11 is 4.71. The van der Waals surface area contributed by atoms with Gasteiger partial charge in [0.1, 0.15) is 6.04 Å². The van der Waals surface area contributed by atoms with Crippen molar-refractivity contribution in [1.29, 1.82) is 0 Å². The number of primary amides is 1. The van der Waals surface area contributed by atoms with Crippen molar-refractivity contribution >= 4 is 51.1 Å². The molecule has 1 aromatic rings. The van der Waals surface area contributed by atoms with Crippen LogP contribution in [0.5, 0.6) is 0 Å². The molecule has 1 unspecified atom stereocenters. The molecular formula is C11H11BrN2O4S. The van der Waals surface area contributed by atoms with Crippen LogP contribution in [0.3, 0.4) is 0 Å². The molecule has 0 aromatic carbocycles. The van der Waals surface area contributed by atoms with Crippen molar-refractivity contribution in [3.63, 3.8) is 0 Å². The lowest BCUT2D eigenvalue weighted by atomic mass is 10.2. The van der Waals surface area contributed by atoms with Gasteiger partial charge in [-0.25, -0.2) is 4.79 Å². The van der Waals surface area contributed by atoms with Crippen LogP contribution in [-0.4, -0.2) is 28.9 Å². The Morgan fingerprint density at radius 2 is 2.16 bits per heavy atom. The molecule has 1 rings (SSSR count). The molecule has 19 heavy (non-hydrogen) atoms. The molecule has 0 bridgehead atoms. The summed E-state index contributed by atoms with van der Waals surface area (Å²) in [5.41, 5.74) is 4.90. The van der Waals surface area contributed by atoms with E-state index in [1.807, 2.05) is 6.07 Å². The van der Waals surface area contributed by atoms with Gasteiger partial charge in [-0.3, -0.25) is 9.59 Å². The summed E-state index contributed by atoms with van der Waals surface area (Å²) in [5.74, 6) is -2.70. The smallest absolute Gasteiger partial charge is 0.326 e. The van der Waals surface area contributed by atoms with E-state index in [2.05, 4.69) is 21.2 Å². The SMILES string of the molecule is NC(=O)CC(NC(=O)/C=C/c1ccc(Br)s1)C(=O)O. The lowest BCUT2D eigenvalue weighted by molar-refractivity contribution is -0.142. The Labute approximate surface area is 121 Å². The maximum absolute atomic E-state index is 11.5. The first-order valence-electron chi connectivity index (χ1n) is 5.13. The van der Waals surface area contributed by atoms with E-state index in [9.17, 15) is 14.4 Å². The molecule has 6 nitrogen and oxygen atoms in total. The Morgan fingerprint density at radius 1 is 1.47 bits per heavy atom. The largest absolute Gasteiger partial charge is 0.480 e. The average molecular weight is 347 g/mol. The van der Waals surface area contributed by atoms with E-state index in [0.29, 0.717) is 0 Å². The highest BCUT2D eigenvalue weighted by Gasteiger charge is 2.20. The van der Waals surface area contributed by atoms with Crippen LogP contribution in [0.1, 0.15) is 11.3 Å². The number of nitrogens with two attached hydrogens (primary N) is 1. The second kappa shape index (κ2) is 7.05. The van der Waals surface area contributed by atoms with Crippen LogP contribution in [0.4, 0.5) is 0 Å². The zero-order chi connectivity index (χ0) is 14.4. The molecule has 0 aliphatic rings. The molecular weight excluding hydrogens is 336 g/mol. The van der Waals surface area contributed by atoms with Crippen LogP contribution < -0.4 is 11.1 Å². The van der Waals surface area contributed by atoms with Gasteiger partial charge in [0.25, 0.3) is 0 Å². The zero-order valence-electron chi connectivity index (χ0n) is 9.63. The molecule has 1 heterocycles. The van der Waals surface area contributed by atoms with Crippen LogP contribution in [-0.2, 0) is 14.4 Å². The number of halogens is 1. The van der Waals surface area contributed by atoms with Crippen LogP contribution in [0.15, 0.2) is 22.0 Å². The third-order valence-electron chi connectivity index (χ3n) is 2.01. The molecule has 0 aliphatic heterocycles. The maximum atomic E-state index is 11.5. The Kier molecular flexibility index (Phi) is 5.71. The Morgan fingerprint density at radius 3 is 2.63 bits per heavy atom. The lowest BCUT2D eigenvalue weighted by Gasteiger charge is -2.10. The van der Waals surface area contributed by atoms with Gasteiger partial charge in [-0.05, 0) is 34.1 Å². The summed E-state index contributed by atoms with van der Waals surface area (Å²) in [7, 11) is 0. The molecule has 0 saturated carbocycles. The summed E-state index contributed by atoms with van der Waals surface area (Å²) in [6.45, 7) is 0. The molecule has 0 saturated heterocycles. The highest BCUT2D eigenvalue weighted by Crippen LogP contribution is 2.22. The van der Waals surface area contributed by atoms with Crippen LogP contribution in [0.2, 0.25) is 0 Å². The standard InChI is InChI=1S/C11H11BrN2O4S/c12-8-3-1-6(19-8)2-4-10(16)14-7(11(17)18)5-9(13)15/h1-4,7H,5H2,(H2,13,15)(H,14,16)(H,17,18)/b4-2+. The molecule has 0 spiro atoms. The number of carbonyl (C=O) groups excluding carboxylic acids is 2. The Hall–Kier alpha value is -1.67. The number of carboxylic acid groups (broad SMARTS) is 1. The van der Waals surface area contributed by atoms with E-state index >= 15 is 0 Å². The Bertz CT molecular complexity index is 527. The number of hydrogen-bond donors (Lipinski definition) is 3. The first-order valence-corrected chi connectivity index (χ1v) is 6.74. The average Bonchev–Trinajstić information content (AvgIpc) is 2.71. The zero-order valence-corrected chi connectivity index (χ0v) is 12.0. The second-order valence-electron chi connectivity index (χ2n) is 3.55. The van der Waals surface area contributed by atoms with Crippen molar-refractivity contribution < 1.29 is 19.5 Å². The molecule has 102 valence electrons. The fraction of sp³-hybridized carbons (Fsp3) is 0.182.